The lowest BCUT2D eigenvalue weighted by atomic mass is 10.3. The lowest BCUT2D eigenvalue weighted by Gasteiger charge is -2.12. The molecule has 0 aromatic heterocycles. The predicted octanol–water partition coefficient (Wildman–Crippen LogP) is 0.0805. The molecule has 1 aliphatic carbocycles. The first-order valence-electron chi connectivity index (χ1n) is 2.77. The largest absolute Gasteiger partial charge is 0.389 e. The molecule has 1 heterocycles. The van der Waals surface area contributed by atoms with Crippen LogP contribution < -0.4 is 5.32 Å². The number of hydrogen-bond acceptors (Lipinski definition) is 3. The van der Waals surface area contributed by atoms with Crippen LogP contribution in [0.2, 0.25) is 0 Å². The summed E-state index contributed by atoms with van der Waals surface area (Å²) in [5, 5.41) is 6.72. The third-order valence-corrected chi connectivity index (χ3v) is 1.80. The van der Waals surface area contributed by atoms with Crippen molar-refractivity contribution in [3.8, 4) is 0 Å². The van der Waals surface area contributed by atoms with Gasteiger partial charge in [0.1, 0.15) is 6.34 Å². The van der Waals surface area contributed by atoms with E-state index < -0.39 is 0 Å². The minimum Gasteiger partial charge on any atom is -0.389 e. The Kier molecular flexibility index (Phi) is 0.517. The van der Waals surface area contributed by atoms with Gasteiger partial charge in [0.2, 0.25) is 0 Å². The van der Waals surface area contributed by atoms with Crippen LogP contribution in [0.3, 0.4) is 0 Å². The van der Waals surface area contributed by atoms with E-state index in [9.17, 15) is 0 Å². The highest BCUT2D eigenvalue weighted by molar-refractivity contribution is 5.57. The van der Waals surface area contributed by atoms with Crippen molar-refractivity contribution in [2.75, 3.05) is 0 Å². The molecule has 1 fully saturated rings. The van der Waals surface area contributed by atoms with Crippen LogP contribution in [0.5, 0.6) is 0 Å². The number of oxime groups is 1. The van der Waals surface area contributed by atoms with E-state index in [4.69, 9.17) is 4.84 Å². The summed E-state index contributed by atoms with van der Waals surface area (Å²) in [5.74, 6) is 0. The van der Waals surface area contributed by atoms with E-state index in [0.29, 0.717) is 6.10 Å². The summed E-state index contributed by atoms with van der Waals surface area (Å²) in [6.45, 7) is 2.13. The monoisotopic (exact) mass is 112 g/mol. The van der Waals surface area contributed by atoms with Crippen molar-refractivity contribution in [3.05, 3.63) is 0 Å². The van der Waals surface area contributed by atoms with Crippen LogP contribution in [0.4, 0.5) is 0 Å². The van der Waals surface area contributed by atoms with E-state index in [0.717, 1.165) is 6.42 Å². The van der Waals surface area contributed by atoms with Gasteiger partial charge in [-0.2, -0.15) is 0 Å². The van der Waals surface area contributed by atoms with Crippen molar-refractivity contribution >= 4 is 6.34 Å². The second-order valence-electron chi connectivity index (χ2n) is 2.59. The Labute approximate surface area is 47.7 Å². The van der Waals surface area contributed by atoms with Crippen LogP contribution in [0, 0.1) is 0 Å². The van der Waals surface area contributed by atoms with Gasteiger partial charge in [-0.05, 0) is 6.92 Å². The maximum atomic E-state index is 4.96. The van der Waals surface area contributed by atoms with Crippen molar-refractivity contribution in [1.82, 2.24) is 5.32 Å². The lowest BCUT2D eigenvalue weighted by molar-refractivity contribution is 0.102. The molecule has 1 saturated carbocycles. The Morgan fingerprint density at radius 1 is 2.00 bits per heavy atom. The summed E-state index contributed by atoms with van der Waals surface area (Å²) in [6, 6.07) is 0. The van der Waals surface area contributed by atoms with Gasteiger partial charge in [-0.3, -0.25) is 0 Å². The Balaban J connectivity index is 2.17. The van der Waals surface area contributed by atoms with E-state index in [1.807, 2.05) is 0 Å². The molecular weight excluding hydrogens is 104 g/mol. The molecule has 2 aliphatic rings. The molecule has 2 rings (SSSR count). The Bertz CT molecular complexity index is 145. The van der Waals surface area contributed by atoms with E-state index in [1.165, 1.54) is 0 Å². The van der Waals surface area contributed by atoms with Gasteiger partial charge >= 0.3 is 0 Å². The first-order chi connectivity index (χ1) is 3.81. The van der Waals surface area contributed by atoms with Gasteiger partial charge < -0.3 is 10.2 Å². The molecule has 8 heavy (non-hydrogen) atoms. The van der Waals surface area contributed by atoms with Crippen molar-refractivity contribution in [3.63, 3.8) is 0 Å². The fourth-order valence-electron chi connectivity index (χ4n) is 0.909. The Morgan fingerprint density at radius 3 is 3.38 bits per heavy atom. The molecule has 1 aliphatic heterocycles. The first kappa shape index (κ1) is 4.18. The van der Waals surface area contributed by atoms with Crippen molar-refractivity contribution in [2.24, 2.45) is 5.16 Å². The summed E-state index contributed by atoms with van der Waals surface area (Å²) in [7, 11) is 0. The molecule has 0 aromatic carbocycles. The average molecular weight is 112 g/mol. The van der Waals surface area contributed by atoms with Crippen LogP contribution in [0.15, 0.2) is 5.16 Å². The smallest absolute Gasteiger partial charge is 0.152 e. The SMILES string of the molecule is C[C@]12CC1ON=CN2. The van der Waals surface area contributed by atoms with Gasteiger partial charge in [-0.25, -0.2) is 0 Å². The van der Waals surface area contributed by atoms with Crippen LogP contribution >= 0.6 is 0 Å². The van der Waals surface area contributed by atoms with Crippen molar-refractivity contribution in [2.45, 2.75) is 25.0 Å². The molecule has 0 spiro atoms. The predicted molar refractivity (Wildman–Crippen MR) is 29.5 cm³/mol. The van der Waals surface area contributed by atoms with Gasteiger partial charge in [0.05, 0.1) is 5.54 Å². The molecule has 1 unspecified atom stereocenters. The molecular formula is C5H8N2O. The highest BCUT2D eigenvalue weighted by Gasteiger charge is 2.54. The van der Waals surface area contributed by atoms with Gasteiger partial charge in [0.25, 0.3) is 0 Å². The second-order valence-corrected chi connectivity index (χ2v) is 2.59. The van der Waals surface area contributed by atoms with Crippen molar-refractivity contribution < 1.29 is 4.84 Å². The number of nitrogens with zero attached hydrogens (tertiary/aromatic N) is 1. The Hall–Kier alpha value is -0.730. The standard InChI is InChI=1S/C5H8N2O/c1-5-2-4(5)8-7-3-6-5/h3-4H,2H2,1H3,(H,6,7)/t4?,5-/m0/s1. The summed E-state index contributed by atoms with van der Waals surface area (Å²) in [4.78, 5) is 4.96. The molecule has 0 aromatic rings. The highest BCUT2D eigenvalue weighted by Crippen LogP contribution is 2.39. The van der Waals surface area contributed by atoms with Crippen LogP contribution in [-0.2, 0) is 4.84 Å². The van der Waals surface area contributed by atoms with E-state index in [-0.39, 0.29) is 5.54 Å². The highest BCUT2D eigenvalue weighted by atomic mass is 16.6. The van der Waals surface area contributed by atoms with E-state index in [2.05, 4.69) is 17.4 Å². The molecule has 3 heteroatoms. The molecule has 44 valence electrons. The third kappa shape index (κ3) is 0.363. The van der Waals surface area contributed by atoms with Crippen molar-refractivity contribution in [1.29, 1.82) is 0 Å². The van der Waals surface area contributed by atoms with E-state index in [1.54, 1.807) is 6.34 Å². The second kappa shape index (κ2) is 0.989. The molecule has 1 N–H and O–H groups in total. The number of hydrogen-bond donors (Lipinski definition) is 1. The lowest BCUT2D eigenvalue weighted by Crippen LogP contribution is -2.33. The Morgan fingerprint density at radius 2 is 2.88 bits per heavy atom. The zero-order valence-corrected chi connectivity index (χ0v) is 4.72. The fraction of sp³-hybridized carbons (Fsp3) is 0.800. The normalized spacial score (nSPS) is 48.9. The average Bonchev–Trinajstić information content (AvgIpc) is 2.39. The molecule has 3 nitrogen and oxygen atoms in total. The van der Waals surface area contributed by atoms with Gasteiger partial charge in [-0.15, -0.1) is 0 Å². The maximum absolute atomic E-state index is 4.96. The van der Waals surface area contributed by atoms with Gasteiger partial charge in [-0.1, -0.05) is 5.16 Å². The van der Waals surface area contributed by atoms with Crippen LogP contribution in [0.1, 0.15) is 13.3 Å². The molecule has 0 amide bonds. The third-order valence-electron chi connectivity index (χ3n) is 1.80. The minimum atomic E-state index is 0.224. The quantitative estimate of drug-likeness (QED) is 0.481. The topological polar surface area (TPSA) is 33.6 Å². The van der Waals surface area contributed by atoms with Crippen LogP contribution in [0.25, 0.3) is 0 Å². The van der Waals surface area contributed by atoms with Gasteiger partial charge in [0, 0.05) is 6.42 Å². The minimum absolute atomic E-state index is 0.224. The summed E-state index contributed by atoms with van der Waals surface area (Å²) in [6.07, 6.45) is 3.05. The van der Waals surface area contributed by atoms with Gasteiger partial charge in [0.15, 0.2) is 6.10 Å². The number of fused-ring (bicyclic) bond motifs is 1. The molecule has 2 atom stereocenters. The summed E-state index contributed by atoms with van der Waals surface area (Å²) >= 11 is 0. The summed E-state index contributed by atoms with van der Waals surface area (Å²) in [5.41, 5.74) is 0.224. The molecule has 0 radical (unpaired) electrons. The first-order valence-corrected chi connectivity index (χ1v) is 2.77. The van der Waals surface area contributed by atoms with Crippen LogP contribution in [-0.4, -0.2) is 18.0 Å². The summed E-state index contributed by atoms with van der Waals surface area (Å²) < 4.78 is 0. The fourth-order valence-corrected chi connectivity index (χ4v) is 0.909. The molecule has 0 saturated heterocycles. The van der Waals surface area contributed by atoms with E-state index >= 15 is 0 Å². The number of nitrogens with one attached hydrogen (secondary N) is 1. The zero-order valence-electron chi connectivity index (χ0n) is 4.72. The maximum Gasteiger partial charge on any atom is 0.152 e. The number of rotatable bonds is 0. The zero-order chi connectivity index (χ0) is 5.61. The molecule has 0 bridgehead atoms.